The Kier molecular flexibility index (Phi) is 6.75. The molecule has 1 fully saturated rings. The highest BCUT2D eigenvalue weighted by Gasteiger charge is 2.41. The number of anilines is 1. The molecule has 8 nitrogen and oxygen atoms in total. The number of ether oxygens (including phenoxy) is 1. The van der Waals surface area contributed by atoms with Gasteiger partial charge in [0.15, 0.2) is 0 Å². The summed E-state index contributed by atoms with van der Waals surface area (Å²) in [7, 11) is 0. The van der Waals surface area contributed by atoms with Gasteiger partial charge in [0.1, 0.15) is 20.9 Å². The van der Waals surface area contributed by atoms with Gasteiger partial charge in [0.25, 0.3) is 5.91 Å². The Bertz CT molecular complexity index is 1250. The van der Waals surface area contributed by atoms with Gasteiger partial charge in [-0.15, -0.1) is 11.3 Å². The number of nitrogens with zero attached hydrogens (tertiary/aromatic N) is 2. The third-order valence-corrected chi connectivity index (χ3v) is 7.14. The van der Waals surface area contributed by atoms with Crippen molar-refractivity contribution in [3.63, 3.8) is 0 Å². The molecule has 3 heterocycles. The molecular weight excluding hydrogens is 464 g/mol. The van der Waals surface area contributed by atoms with Crippen LogP contribution in [0.15, 0.2) is 36.4 Å². The third-order valence-electron chi connectivity index (χ3n) is 6.03. The van der Waals surface area contributed by atoms with E-state index in [4.69, 9.17) is 10.5 Å². The van der Waals surface area contributed by atoms with E-state index in [0.29, 0.717) is 36.5 Å². The lowest BCUT2D eigenvalue weighted by atomic mass is 9.92. The maximum atomic E-state index is 12.7. The molecule has 0 unspecified atom stereocenters. The number of carbonyl (C=O) groups is 2. The first-order chi connectivity index (χ1) is 16.4. The summed E-state index contributed by atoms with van der Waals surface area (Å²) in [5, 5.41) is 14.9. The fourth-order valence-corrected chi connectivity index (χ4v) is 5.21. The van der Waals surface area contributed by atoms with Gasteiger partial charge < -0.3 is 25.8 Å². The predicted molar refractivity (Wildman–Crippen MR) is 138 cm³/mol. The van der Waals surface area contributed by atoms with Crippen LogP contribution in [0.2, 0.25) is 0 Å². The summed E-state index contributed by atoms with van der Waals surface area (Å²) in [6.45, 7) is 8.46. The number of benzene rings is 1. The van der Waals surface area contributed by atoms with E-state index in [1.165, 1.54) is 11.3 Å². The number of β-amino-alcohol motifs (C(OH)–C–C–N with tert-alkyl or cyclic N) is 1. The second-order valence-electron chi connectivity index (χ2n) is 10.0. The Morgan fingerprint density at radius 3 is 2.63 bits per heavy atom. The lowest BCUT2D eigenvalue weighted by molar-refractivity contribution is 0.0140. The van der Waals surface area contributed by atoms with Crippen LogP contribution >= 0.6 is 11.3 Å². The lowest BCUT2D eigenvalue weighted by Crippen LogP contribution is -2.38. The number of hydrogen-bond acceptors (Lipinski definition) is 7. The molecule has 0 saturated carbocycles. The number of amides is 2. The molecule has 4 N–H and O–H groups in total. The highest BCUT2D eigenvalue weighted by Crippen LogP contribution is 2.34. The van der Waals surface area contributed by atoms with Crippen LogP contribution in [-0.4, -0.2) is 52.2 Å². The number of nitrogens with one attached hydrogen (secondary N) is 1. The zero-order chi connectivity index (χ0) is 25.4. The number of hydrogen-bond donors (Lipinski definition) is 3. The Labute approximate surface area is 209 Å². The van der Waals surface area contributed by atoms with Crippen LogP contribution in [0.5, 0.6) is 0 Å². The number of nitrogens with two attached hydrogens (primary N) is 1. The molecule has 35 heavy (non-hydrogen) atoms. The molecular formula is C26H32N4O4S. The molecule has 1 saturated heterocycles. The van der Waals surface area contributed by atoms with Crippen molar-refractivity contribution in [2.24, 2.45) is 0 Å². The molecule has 3 aromatic rings. The van der Waals surface area contributed by atoms with Gasteiger partial charge in [0, 0.05) is 24.2 Å². The van der Waals surface area contributed by atoms with Gasteiger partial charge >= 0.3 is 6.09 Å². The van der Waals surface area contributed by atoms with E-state index < -0.39 is 17.3 Å². The Morgan fingerprint density at radius 1 is 1.23 bits per heavy atom. The summed E-state index contributed by atoms with van der Waals surface area (Å²) in [6.07, 6.45) is 0.675. The molecule has 4 rings (SSSR count). The number of carbonyl (C=O) groups excluding carboxylic acids is 2. The number of likely N-dealkylation sites (tertiary alicyclic amines) is 1. The third kappa shape index (κ3) is 5.57. The Hall–Kier alpha value is -3.17. The van der Waals surface area contributed by atoms with Crippen molar-refractivity contribution in [3.05, 3.63) is 58.1 Å². The molecule has 0 bridgehead atoms. The molecule has 2 aromatic heterocycles. The Morgan fingerprint density at radius 2 is 1.94 bits per heavy atom. The average molecular weight is 497 g/mol. The number of aliphatic hydroxyl groups is 1. The maximum Gasteiger partial charge on any atom is 0.410 e. The van der Waals surface area contributed by atoms with E-state index in [0.717, 1.165) is 27.0 Å². The Balaban J connectivity index is 1.32. The van der Waals surface area contributed by atoms with Crippen molar-refractivity contribution in [3.8, 4) is 0 Å². The van der Waals surface area contributed by atoms with Crippen molar-refractivity contribution in [1.29, 1.82) is 0 Å². The molecule has 0 radical (unpaired) electrons. The second kappa shape index (κ2) is 9.47. The first-order valence-electron chi connectivity index (χ1n) is 11.7. The van der Waals surface area contributed by atoms with Gasteiger partial charge in [0.2, 0.25) is 0 Å². The first kappa shape index (κ1) is 24.9. The van der Waals surface area contributed by atoms with Gasteiger partial charge in [-0.1, -0.05) is 24.3 Å². The van der Waals surface area contributed by atoms with Crippen LogP contribution in [0.3, 0.4) is 0 Å². The smallest absolute Gasteiger partial charge is 0.410 e. The molecule has 1 aromatic carbocycles. The number of nitrogen functional groups attached to an aromatic ring is 1. The number of thiophene rings is 1. The minimum Gasteiger partial charge on any atom is -0.444 e. The second-order valence-corrected chi connectivity index (χ2v) is 11.0. The maximum absolute atomic E-state index is 12.7. The van der Waals surface area contributed by atoms with Gasteiger partial charge in [-0.05, 0) is 63.8 Å². The van der Waals surface area contributed by atoms with Gasteiger partial charge in [0.05, 0.1) is 12.2 Å². The first-order valence-corrected chi connectivity index (χ1v) is 12.5. The summed E-state index contributed by atoms with van der Waals surface area (Å²) < 4.78 is 5.43. The highest BCUT2D eigenvalue weighted by molar-refractivity contribution is 7.21. The number of aryl methyl sites for hydroxylation is 1. The van der Waals surface area contributed by atoms with E-state index in [9.17, 15) is 14.7 Å². The van der Waals surface area contributed by atoms with E-state index in [2.05, 4.69) is 10.3 Å². The normalized spacial score (nSPS) is 18.1. The van der Waals surface area contributed by atoms with E-state index in [-0.39, 0.29) is 12.5 Å². The summed E-state index contributed by atoms with van der Waals surface area (Å²) in [5.41, 5.74) is 7.63. The van der Waals surface area contributed by atoms with Crippen LogP contribution in [0.25, 0.3) is 10.2 Å². The van der Waals surface area contributed by atoms with Crippen molar-refractivity contribution in [2.45, 2.75) is 51.7 Å². The molecule has 0 spiro atoms. The minimum absolute atomic E-state index is 0.197. The molecule has 186 valence electrons. The zero-order valence-corrected chi connectivity index (χ0v) is 21.4. The zero-order valence-electron chi connectivity index (χ0n) is 20.6. The van der Waals surface area contributed by atoms with Crippen LogP contribution < -0.4 is 11.1 Å². The van der Waals surface area contributed by atoms with E-state index >= 15 is 0 Å². The highest BCUT2D eigenvalue weighted by atomic mass is 32.1. The van der Waals surface area contributed by atoms with Gasteiger partial charge in [-0.3, -0.25) is 4.79 Å². The molecule has 1 aliphatic rings. The predicted octanol–water partition coefficient (Wildman–Crippen LogP) is 3.99. The van der Waals surface area contributed by atoms with Crippen molar-refractivity contribution in [2.75, 3.05) is 25.4 Å². The fraction of sp³-hybridized carbons (Fsp3) is 0.423. The molecule has 0 aliphatic carbocycles. The minimum atomic E-state index is -1.10. The topological polar surface area (TPSA) is 118 Å². The summed E-state index contributed by atoms with van der Waals surface area (Å²) in [6, 6.07) is 11.4. The van der Waals surface area contributed by atoms with Gasteiger partial charge in [-0.2, -0.15) is 0 Å². The number of rotatable bonds is 5. The van der Waals surface area contributed by atoms with E-state index in [1.54, 1.807) is 4.90 Å². The van der Waals surface area contributed by atoms with Crippen molar-refractivity contribution < 1.29 is 19.4 Å². The van der Waals surface area contributed by atoms with Crippen LogP contribution in [0, 0.1) is 6.92 Å². The average Bonchev–Trinajstić information content (AvgIpc) is 3.34. The molecule has 2 amide bonds. The largest absolute Gasteiger partial charge is 0.444 e. The fourth-order valence-electron chi connectivity index (χ4n) is 4.15. The monoisotopic (exact) mass is 496 g/mol. The quantitative estimate of drug-likeness (QED) is 0.492. The lowest BCUT2D eigenvalue weighted by Gasteiger charge is -2.26. The summed E-state index contributed by atoms with van der Waals surface area (Å²) >= 11 is 1.30. The molecule has 9 heteroatoms. The SMILES string of the molecule is Cc1ccc2c(N)c(C(=O)NCCc3ccc([C@]4(O)CCN(C(=O)OC(C)(C)C)C4)cc3)sc2n1. The standard InChI is InChI=1S/C26H32N4O4S/c1-16-5-10-19-20(27)21(35-23(19)29-16)22(31)28-13-11-17-6-8-18(9-7-17)26(33)12-14-30(15-26)24(32)34-25(2,3)4/h5-10,33H,11-15,27H2,1-4H3,(H,28,31)/t26-/m0/s1. The number of pyridine rings is 1. The van der Waals surface area contributed by atoms with Crippen molar-refractivity contribution >= 4 is 39.2 Å². The molecule has 1 aliphatic heterocycles. The van der Waals surface area contributed by atoms with Crippen LogP contribution in [-0.2, 0) is 16.8 Å². The van der Waals surface area contributed by atoms with E-state index in [1.807, 2.05) is 64.1 Å². The van der Waals surface area contributed by atoms with Crippen molar-refractivity contribution in [1.82, 2.24) is 15.2 Å². The van der Waals surface area contributed by atoms with Crippen LogP contribution in [0.1, 0.15) is 53.7 Å². The summed E-state index contributed by atoms with van der Waals surface area (Å²) in [5.74, 6) is -0.206. The van der Waals surface area contributed by atoms with Crippen LogP contribution in [0.4, 0.5) is 10.5 Å². The summed E-state index contributed by atoms with van der Waals surface area (Å²) in [4.78, 5) is 32.3. The number of aromatic nitrogens is 1. The molecule has 1 atom stereocenters. The number of fused-ring (bicyclic) bond motifs is 1. The van der Waals surface area contributed by atoms with Gasteiger partial charge in [-0.25, -0.2) is 9.78 Å².